The molecule has 5 aromatic rings. The molecule has 5 rings (SSSR count). The summed E-state index contributed by atoms with van der Waals surface area (Å²) >= 11 is 3.47. The molecule has 0 atom stereocenters. The maximum atomic E-state index is 8.63. The third-order valence-electron chi connectivity index (χ3n) is 4.49. The second-order valence-corrected chi connectivity index (χ2v) is 6.90. The van der Waals surface area contributed by atoms with Gasteiger partial charge < -0.3 is 0 Å². The molecule has 0 saturated heterocycles. The molecular weight excluding hydrogens is 392 g/mol. The maximum absolute atomic E-state index is 8.63. The predicted octanol–water partition coefficient (Wildman–Crippen LogP) is 8.09. The fourth-order valence-corrected chi connectivity index (χ4v) is 3.80. The number of hydrogen-bond donors (Lipinski definition) is 0. The molecule has 0 nitrogen and oxygen atoms in total. The molecule has 5 aromatic carbocycles. The van der Waals surface area contributed by atoms with Gasteiger partial charge in [0.1, 0.15) is 0 Å². The van der Waals surface area contributed by atoms with Gasteiger partial charge in [-0.2, -0.15) is 0 Å². The molecule has 128 valence electrons. The lowest BCUT2D eigenvalue weighted by atomic mass is 9.86. The van der Waals surface area contributed by atoms with Gasteiger partial charge in [0.05, 0.1) is 13.7 Å². The van der Waals surface area contributed by atoms with Crippen molar-refractivity contribution in [3.05, 3.63) is 107 Å². The largest absolute Gasteiger partial charge is 0.0629 e. The normalized spacial score (nSPS) is 16.3. The van der Waals surface area contributed by atoms with E-state index in [4.69, 9.17) is 13.7 Å². The van der Waals surface area contributed by atoms with E-state index < -0.39 is 36.3 Å². The van der Waals surface area contributed by atoms with Crippen molar-refractivity contribution < 1.29 is 13.7 Å². The Labute approximate surface area is 181 Å². The van der Waals surface area contributed by atoms with Gasteiger partial charge in [-0.15, -0.1) is 0 Å². The lowest BCUT2D eigenvalue weighted by molar-refractivity contribution is 1.64. The summed E-state index contributed by atoms with van der Waals surface area (Å²) in [6.45, 7) is 0. The zero-order valence-corrected chi connectivity index (χ0v) is 15.5. The minimum Gasteiger partial charge on any atom is -0.0622 e. The van der Waals surface area contributed by atoms with Gasteiger partial charge >= 0.3 is 0 Å². The Kier molecular flexibility index (Phi) is 2.19. The SMILES string of the molecule is [2H]c1c([2H])c([2H])c(-c2c3ccccc3c(-c3c([2H])c([2H])c([2H])c([2H])c3[2H])c3cc(Br)ccc23)c([2H])c1[2H]. The van der Waals surface area contributed by atoms with Crippen molar-refractivity contribution in [1.82, 2.24) is 0 Å². The topological polar surface area (TPSA) is 0 Å². The number of halogens is 1. The highest BCUT2D eigenvalue weighted by Gasteiger charge is 2.16. The van der Waals surface area contributed by atoms with E-state index in [1.165, 1.54) is 0 Å². The summed E-state index contributed by atoms with van der Waals surface area (Å²) in [4.78, 5) is 0. The average Bonchev–Trinajstić information content (AvgIpc) is 2.89. The quantitative estimate of drug-likeness (QED) is 0.254. The van der Waals surface area contributed by atoms with E-state index >= 15 is 0 Å². The molecule has 0 amide bonds. The van der Waals surface area contributed by atoms with E-state index in [0.29, 0.717) is 37.1 Å². The van der Waals surface area contributed by atoms with Crippen molar-refractivity contribution in [2.75, 3.05) is 0 Å². The molecule has 0 N–H and O–H groups in total. The summed E-state index contributed by atoms with van der Waals surface area (Å²) in [5.41, 5.74) is 0.867. The van der Waals surface area contributed by atoms with Crippen LogP contribution in [0.25, 0.3) is 43.8 Å². The van der Waals surface area contributed by atoms with E-state index in [0.717, 1.165) is 0 Å². The molecule has 0 aromatic heterocycles. The van der Waals surface area contributed by atoms with Crippen LogP contribution in [0.1, 0.15) is 13.7 Å². The molecule has 0 aliphatic heterocycles. The lowest BCUT2D eigenvalue weighted by Crippen LogP contribution is -1.90. The molecule has 0 heterocycles. The molecule has 1 heteroatoms. The van der Waals surface area contributed by atoms with Crippen LogP contribution >= 0.6 is 15.9 Å². The van der Waals surface area contributed by atoms with Crippen LogP contribution in [-0.4, -0.2) is 0 Å². The van der Waals surface area contributed by atoms with E-state index in [2.05, 4.69) is 15.9 Å². The first-order valence-corrected chi connectivity index (χ1v) is 9.05. The maximum Gasteiger partial charge on any atom is 0.0629 e. The third kappa shape index (κ3) is 2.75. The average molecular weight is 419 g/mol. The van der Waals surface area contributed by atoms with Crippen LogP contribution in [0, 0.1) is 0 Å². The summed E-state index contributed by atoms with van der Waals surface area (Å²) in [5, 5.41) is 2.07. The molecule has 0 radical (unpaired) electrons. The summed E-state index contributed by atoms with van der Waals surface area (Å²) in [5.74, 6) is 0. The van der Waals surface area contributed by atoms with Gasteiger partial charge in [0, 0.05) is 4.47 Å². The lowest BCUT2D eigenvalue weighted by Gasteiger charge is -2.18. The molecule has 27 heavy (non-hydrogen) atoms. The van der Waals surface area contributed by atoms with Crippen LogP contribution in [0.5, 0.6) is 0 Å². The Morgan fingerprint density at radius 2 is 1.04 bits per heavy atom. The standard InChI is InChI=1S/C26H17Br/c27-20-15-16-23-24(17-20)26(19-11-5-2-6-12-19)22-14-8-7-13-21(22)25(23)18-9-3-1-4-10-18/h1-17H/i1D,2D,3D,4D,5D,6D,9D,10D,11D,12D. The number of hydrogen-bond acceptors (Lipinski definition) is 0. The van der Waals surface area contributed by atoms with Gasteiger partial charge in [0.2, 0.25) is 0 Å². The highest BCUT2D eigenvalue weighted by atomic mass is 79.9. The van der Waals surface area contributed by atoms with Crippen LogP contribution in [0.4, 0.5) is 0 Å². The van der Waals surface area contributed by atoms with Crippen molar-refractivity contribution in [1.29, 1.82) is 0 Å². The van der Waals surface area contributed by atoms with Crippen LogP contribution in [-0.2, 0) is 0 Å². The number of benzene rings is 5. The molecule has 0 spiro atoms. The fourth-order valence-electron chi connectivity index (χ4n) is 3.44. The van der Waals surface area contributed by atoms with Crippen molar-refractivity contribution in [3.63, 3.8) is 0 Å². The van der Waals surface area contributed by atoms with Crippen molar-refractivity contribution in [3.8, 4) is 22.3 Å². The Hall–Kier alpha value is -2.90. The second kappa shape index (κ2) is 6.68. The van der Waals surface area contributed by atoms with E-state index in [1.54, 1.807) is 42.5 Å². The van der Waals surface area contributed by atoms with E-state index in [9.17, 15) is 0 Å². The molecular formula is C26H17Br. The number of fused-ring (bicyclic) bond motifs is 2. The van der Waals surface area contributed by atoms with E-state index in [-0.39, 0.29) is 35.3 Å². The third-order valence-corrected chi connectivity index (χ3v) is 4.98. The highest BCUT2D eigenvalue weighted by Crippen LogP contribution is 2.44. The first-order valence-electron chi connectivity index (χ1n) is 13.3. The van der Waals surface area contributed by atoms with Crippen LogP contribution in [0.15, 0.2) is 107 Å². The summed E-state index contributed by atoms with van der Waals surface area (Å²) in [6.07, 6.45) is 0. The van der Waals surface area contributed by atoms with Crippen LogP contribution in [0.2, 0.25) is 0 Å². The first-order chi connectivity index (χ1) is 17.5. The Balaban J connectivity index is 2.10. The summed E-state index contributed by atoms with van der Waals surface area (Å²) in [6, 6.07) is 7.97. The highest BCUT2D eigenvalue weighted by molar-refractivity contribution is 9.10. The van der Waals surface area contributed by atoms with E-state index in [1.807, 2.05) is 0 Å². The molecule has 0 aliphatic carbocycles. The second-order valence-electron chi connectivity index (χ2n) is 5.99. The minimum absolute atomic E-state index is 0.0258. The molecule has 0 bridgehead atoms. The molecule has 0 unspecified atom stereocenters. The zero-order valence-electron chi connectivity index (χ0n) is 23.9. The van der Waals surface area contributed by atoms with Crippen molar-refractivity contribution >= 4 is 37.5 Å². The van der Waals surface area contributed by atoms with Gasteiger partial charge in [0.25, 0.3) is 0 Å². The smallest absolute Gasteiger partial charge is 0.0622 e. The Morgan fingerprint density at radius 3 is 1.59 bits per heavy atom. The van der Waals surface area contributed by atoms with Gasteiger partial charge in [-0.1, -0.05) is 107 Å². The van der Waals surface area contributed by atoms with Crippen molar-refractivity contribution in [2.24, 2.45) is 0 Å². The minimum atomic E-state index is -0.496. The molecule has 0 aliphatic rings. The first kappa shape index (κ1) is 8.86. The van der Waals surface area contributed by atoms with Gasteiger partial charge in [0.15, 0.2) is 0 Å². The predicted molar refractivity (Wildman–Crippen MR) is 120 cm³/mol. The molecule has 0 saturated carbocycles. The summed E-state index contributed by atoms with van der Waals surface area (Å²) in [7, 11) is 0. The van der Waals surface area contributed by atoms with Crippen LogP contribution < -0.4 is 0 Å². The Bertz CT molecular complexity index is 1740. The van der Waals surface area contributed by atoms with Crippen LogP contribution in [0.3, 0.4) is 0 Å². The summed E-state index contributed by atoms with van der Waals surface area (Å²) < 4.78 is 84.0. The van der Waals surface area contributed by atoms with Crippen molar-refractivity contribution in [2.45, 2.75) is 0 Å². The Morgan fingerprint density at radius 1 is 0.556 bits per heavy atom. The van der Waals surface area contributed by atoms with Gasteiger partial charge in [-0.25, -0.2) is 0 Å². The zero-order chi connectivity index (χ0) is 26.9. The number of rotatable bonds is 2. The van der Waals surface area contributed by atoms with Gasteiger partial charge in [-0.3, -0.25) is 0 Å². The fraction of sp³-hybridized carbons (Fsp3) is 0. The molecule has 0 fully saturated rings. The van der Waals surface area contributed by atoms with Gasteiger partial charge in [-0.05, 0) is 55.9 Å². The monoisotopic (exact) mass is 418 g/mol.